The van der Waals surface area contributed by atoms with Gasteiger partial charge in [-0.15, -0.1) is 0 Å². The summed E-state index contributed by atoms with van der Waals surface area (Å²) >= 11 is 0. The van der Waals surface area contributed by atoms with E-state index in [1.807, 2.05) is 64.1 Å². The minimum absolute atomic E-state index is 0.0101. The van der Waals surface area contributed by atoms with Crippen LogP contribution in [0.25, 0.3) is 0 Å². The summed E-state index contributed by atoms with van der Waals surface area (Å²) in [5.41, 5.74) is 4.93. The fourth-order valence-electron chi connectivity index (χ4n) is 2.87. The summed E-state index contributed by atoms with van der Waals surface area (Å²) in [6.07, 6.45) is 0.371. The number of rotatable bonds is 7. The molecule has 26 heavy (non-hydrogen) atoms. The number of methoxy groups -OCH3 is 1. The predicted molar refractivity (Wildman–Crippen MR) is 104 cm³/mol. The van der Waals surface area contributed by atoms with Crippen molar-refractivity contribution in [3.63, 3.8) is 0 Å². The first-order valence-corrected chi connectivity index (χ1v) is 8.86. The number of hydrogen-bond donors (Lipinski definition) is 1. The molecule has 138 valence electrons. The minimum atomic E-state index is -0.186. The van der Waals surface area contributed by atoms with Gasteiger partial charge in [0.05, 0.1) is 13.2 Å². The SMILES string of the molecule is COc1ccc(C)cc1C(C)NC(=O)CCC(=O)c1ccc(C)c(C)c1. The van der Waals surface area contributed by atoms with Crippen LogP contribution in [0, 0.1) is 20.8 Å². The van der Waals surface area contributed by atoms with E-state index in [1.165, 1.54) is 0 Å². The molecule has 4 nitrogen and oxygen atoms in total. The fourth-order valence-corrected chi connectivity index (χ4v) is 2.87. The zero-order chi connectivity index (χ0) is 19.3. The molecule has 0 aliphatic heterocycles. The van der Waals surface area contributed by atoms with E-state index >= 15 is 0 Å². The van der Waals surface area contributed by atoms with Crippen LogP contribution in [0.3, 0.4) is 0 Å². The summed E-state index contributed by atoms with van der Waals surface area (Å²) in [5, 5.41) is 2.95. The molecule has 0 saturated carbocycles. The summed E-state index contributed by atoms with van der Waals surface area (Å²) in [6.45, 7) is 7.91. The average molecular weight is 353 g/mol. The van der Waals surface area contributed by atoms with Crippen LogP contribution in [-0.2, 0) is 4.79 Å². The van der Waals surface area contributed by atoms with E-state index in [0.717, 1.165) is 28.0 Å². The number of ether oxygens (including phenoxy) is 1. The molecule has 0 aliphatic carbocycles. The quantitative estimate of drug-likeness (QED) is 0.748. The maximum Gasteiger partial charge on any atom is 0.220 e. The Balaban J connectivity index is 1.95. The van der Waals surface area contributed by atoms with Gasteiger partial charge in [-0.1, -0.05) is 29.8 Å². The van der Waals surface area contributed by atoms with Crippen molar-refractivity contribution >= 4 is 11.7 Å². The molecule has 0 aromatic heterocycles. The lowest BCUT2D eigenvalue weighted by Gasteiger charge is -2.18. The van der Waals surface area contributed by atoms with Crippen molar-refractivity contribution < 1.29 is 14.3 Å². The van der Waals surface area contributed by atoms with Crippen molar-refractivity contribution in [1.82, 2.24) is 5.32 Å². The molecule has 0 fully saturated rings. The first-order valence-electron chi connectivity index (χ1n) is 8.86. The third kappa shape index (κ3) is 4.94. The lowest BCUT2D eigenvalue weighted by Crippen LogP contribution is -2.27. The molecule has 2 rings (SSSR count). The van der Waals surface area contributed by atoms with Crippen LogP contribution in [0.15, 0.2) is 36.4 Å². The van der Waals surface area contributed by atoms with E-state index in [4.69, 9.17) is 4.74 Å². The second-order valence-electron chi connectivity index (χ2n) is 6.76. The number of nitrogens with one attached hydrogen (secondary N) is 1. The van der Waals surface area contributed by atoms with Crippen LogP contribution >= 0.6 is 0 Å². The molecule has 0 saturated heterocycles. The minimum Gasteiger partial charge on any atom is -0.496 e. The Labute approximate surface area is 155 Å². The highest BCUT2D eigenvalue weighted by molar-refractivity contribution is 5.98. The van der Waals surface area contributed by atoms with E-state index in [1.54, 1.807) is 7.11 Å². The van der Waals surface area contributed by atoms with E-state index in [-0.39, 0.29) is 30.6 Å². The lowest BCUT2D eigenvalue weighted by atomic mass is 10.0. The third-order valence-electron chi connectivity index (χ3n) is 4.64. The maximum atomic E-state index is 12.3. The molecule has 0 spiro atoms. The third-order valence-corrected chi connectivity index (χ3v) is 4.64. The van der Waals surface area contributed by atoms with Gasteiger partial charge in [0.25, 0.3) is 0 Å². The number of carbonyl (C=O) groups excluding carboxylic acids is 2. The number of carbonyl (C=O) groups is 2. The average Bonchev–Trinajstić information content (AvgIpc) is 2.61. The second-order valence-corrected chi connectivity index (χ2v) is 6.76. The Morgan fingerprint density at radius 1 is 1.00 bits per heavy atom. The van der Waals surface area contributed by atoms with Gasteiger partial charge >= 0.3 is 0 Å². The van der Waals surface area contributed by atoms with Gasteiger partial charge in [0.15, 0.2) is 5.78 Å². The maximum absolute atomic E-state index is 12.3. The van der Waals surface area contributed by atoms with Crippen LogP contribution in [0.5, 0.6) is 5.75 Å². The van der Waals surface area contributed by atoms with Crippen molar-refractivity contribution in [3.8, 4) is 5.75 Å². The standard InChI is InChI=1S/C22H27NO3/c1-14-6-10-21(26-5)19(12-14)17(4)23-22(25)11-9-20(24)18-8-7-15(2)16(3)13-18/h6-8,10,12-13,17H,9,11H2,1-5H3,(H,23,25). The molecule has 0 aliphatic rings. The van der Waals surface area contributed by atoms with Crippen LogP contribution in [0.2, 0.25) is 0 Å². The zero-order valence-electron chi connectivity index (χ0n) is 16.2. The lowest BCUT2D eigenvalue weighted by molar-refractivity contribution is -0.121. The molecule has 1 N–H and O–H groups in total. The number of benzene rings is 2. The first kappa shape index (κ1) is 19.7. The van der Waals surface area contributed by atoms with Gasteiger partial charge in [-0.05, 0) is 51.0 Å². The summed E-state index contributed by atoms with van der Waals surface area (Å²) in [5.74, 6) is 0.594. The molecule has 1 unspecified atom stereocenters. The number of amides is 1. The summed E-state index contributed by atoms with van der Waals surface area (Å²) in [7, 11) is 1.62. The normalized spacial score (nSPS) is 11.7. The van der Waals surface area contributed by atoms with Gasteiger partial charge in [-0.25, -0.2) is 0 Å². The Kier molecular flexibility index (Phi) is 6.56. The molecule has 1 atom stereocenters. The molecular weight excluding hydrogens is 326 g/mol. The Hall–Kier alpha value is -2.62. The molecular formula is C22H27NO3. The Morgan fingerprint density at radius 3 is 2.38 bits per heavy atom. The van der Waals surface area contributed by atoms with Crippen molar-refractivity contribution in [3.05, 3.63) is 64.2 Å². The smallest absolute Gasteiger partial charge is 0.220 e. The fraction of sp³-hybridized carbons (Fsp3) is 0.364. The Bertz CT molecular complexity index is 811. The predicted octanol–water partition coefficient (Wildman–Crippen LogP) is 4.46. The molecule has 0 heterocycles. The summed E-state index contributed by atoms with van der Waals surface area (Å²) < 4.78 is 5.37. The van der Waals surface area contributed by atoms with E-state index in [0.29, 0.717) is 5.56 Å². The summed E-state index contributed by atoms with van der Waals surface area (Å²) in [4.78, 5) is 24.6. The van der Waals surface area contributed by atoms with Crippen molar-refractivity contribution in [2.45, 2.75) is 46.6 Å². The van der Waals surface area contributed by atoms with Gasteiger partial charge in [0.1, 0.15) is 5.75 Å². The van der Waals surface area contributed by atoms with Gasteiger partial charge in [0, 0.05) is 24.0 Å². The van der Waals surface area contributed by atoms with Gasteiger partial charge in [-0.3, -0.25) is 9.59 Å². The van der Waals surface area contributed by atoms with E-state index in [2.05, 4.69) is 5.32 Å². The van der Waals surface area contributed by atoms with Crippen LogP contribution in [0.4, 0.5) is 0 Å². The van der Waals surface area contributed by atoms with Crippen LogP contribution in [0.1, 0.15) is 58.4 Å². The highest BCUT2D eigenvalue weighted by Gasteiger charge is 2.16. The van der Waals surface area contributed by atoms with Crippen molar-refractivity contribution in [2.75, 3.05) is 7.11 Å². The van der Waals surface area contributed by atoms with E-state index in [9.17, 15) is 9.59 Å². The highest BCUT2D eigenvalue weighted by atomic mass is 16.5. The molecule has 0 bridgehead atoms. The highest BCUT2D eigenvalue weighted by Crippen LogP contribution is 2.26. The molecule has 1 amide bonds. The number of hydrogen-bond acceptors (Lipinski definition) is 3. The summed E-state index contributed by atoms with van der Waals surface area (Å²) in [6, 6.07) is 11.3. The van der Waals surface area contributed by atoms with Crippen LogP contribution < -0.4 is 10.1 Å². The molecule has 4 heteroatoms. The van der Waals surface area contributed by atoms with Crippen molar-refractivity contribution in [1.29, 1.82) is 0 Å². The Morgan fingerprint density at radius 2 is 1.73 bits per heavy atom. The topological polar surface area (TPSA) is 55.4 Å². The van der Waals surface area contributed by atoms with E-state index < -0.39 is 0 Å². The van der Waals surface area contributed by atoms with Crippen molar-refractivity contribution in [2.24, 2.45) is 0 Å². The molecule has 2 aromatic carbocycles. The number of aryl methyl sites for hydroxylation is 3. The molecule has 0 radical (unpaired) electrons. The monoisotopic (exact) mass is 353 g/mol. The van der Waals surface area contributed by atoms with Gasteiger partial charge in [-0.2, -0.15) is 0 Å². The largest absolute Gasteiger partial charge is 0.496 e. The van der Waals surface area contributed by atoms with Crippen LogP contribution in [-0.4, -0.2) is 18.8 Å². The molecule has 2 aromatic rings. The number of Topliss-reactive ketones (excluding diaryl/α,β-unsaturated/α-hetero) is 1. The second kappa shape index (κ2) is 8.65. The zero-order valence-corrected chi connectivity index (χ0v) is 16.2. The van der Waals surface area contributed by atoms with Gasteiger partial charge < -0.3 is 10.1 Å². The number of ketones is 1. The first-order chi connectivity index (χ1) is 12.3. The van der Waals surface area contributed by atoms with Gasteiger partial charge in [0.2, 0.25) is 5.91 Å².